The van der Waals surface area contributed by atoms with Crippen molar-refractivity contribution in [3.05, 3.63) is 0 Å². The second-order valence-corrected chi connectivity index (χ2v) is 8.37. The normalized spacial score (nSPS) is 24.4. The van der Waals surface area contributed by atoms with Crippen LogP contribution in [0.5, 0.6) is 0 Å². The van der Waals surface area contributed by atoms with E-state index >= 15 is 0 Å². The number of sulfonamides is 1. The molecule has 5 nitrogen and oxygen atoms in total. The average Bonchev–Trinajstić information content (AvgIpc) is 2.14. The lowest BCUT2D eigenvalue weighted by molar-refractivity contribution is -0.136. The summed E-state index contributed by atoms with van der Waals surface area (Å²) in [5, 5.41) is 9.02. The second-order valence-electron chi connectivity index (χ2n) is 6.01. The van der Waals surface area contributed by atoms with Gasteiger partial charge >= 0.3 is 0 Å². The van der Waals surface area contributed by atoms with Crippen LogP contribution in [0.2, 0.25) is 0 Å². The Kier molecular flexibility index (Phi) is 3.35. The van der Waals surface area contributed by atoms with E-state index in [-0.39, 0.29) is 24.3 Å². The van der Waals surface area contributed by atoms with Crippen LogP contribution in [0.15, 0.2) is 0 Å². The van der Waals surface area contributed by atoms with Crippen LogP contribution in [-0.4, -0.2) is 41.1 Å². The minimum absolute atomic E-state index is 0.137. The van der Waals surface area contributed by atoms with Gasteiger partial charge in [0.1, 0.15) is 0 Å². The smallest absolute Gasteiger partial charge is 0.259 e. The molecule has 0 aromatic rings. The Hall–Kier alpha value is -0.620. The SMILES string of the molecule is CC(C)(C)C(CCO)N1C(=O)C(C)(C)S1(=O)=O. The molecule has 1 N–H and O–H groups in total. The van der Waals surface area contributed by atoms with Gasteiger partial charge in [-0.1, -0.05) is 20.8 Å². The topological polar surface area (TPSA) is 74.7 Å². The van der Waals surface area contributed by atoms with E-state index in [2.05, 4.69) is 0 Å². The standard InChI is InChI=1S/C11H21NO4S/c1-10(2,3)8(6-7-13)12-9(14)11(4,5)17(12,15)16/h8,13H,6-7H2,1-5H3. The number of aliphatic hydroxyl groups excluding tert-OH is 1. The fourth-order valence-electron chi connectivity index (χ4n) is 2.03. The molecule has 1 fully saturated rings. The molecule has 1 aliphatic rings. The van der Waals surface area contributed by atoms with Crippen LogP contribution in [0.25, 0.3) is 0 Å². The molecule has 1 unspecified atom stereocenters. The fourth-order valence-corrected chi connectivity index (χ4v) is 3.91. The summed E-state index contributed by atoms with van der Waals surface area (Å²) in [5.74, 6) is -0.383. The van der Waals surface area contributed by atoms with E-state index in [4.69, 9.17) is 5.11 Å². The summed E-state index contributed by atoms with van der Waals surface area (Å²) in [4.78, 5) is 11.9. The first-order valence-corrected chi connectivity index (χ1v) is 7.11. The van der Waals surface area contributed by atoms with Gasteiger partial charge in [0.25, 0.3) is 15.9 Å². The molecule has 1 atom stereocenters. The predicted octanol–water partition coefficient (Wildman–Crippen LogP) is 0.734. The van der Waals surface area contributed by atoms with E-state index in [1.165, 1.54) is 13.8 Å². The number of aliphatic hydroxyl groups is 1. The van der Waals surface area contributed by atoms with E-state index in [1.54, 1.807) is 0 Å². The van der Waals surface area contributed by atoms with E-state index in [0.29, 0.717) is 0 Å². The molecule has 6 heteroatoms. The highest BCUT2D eigenvalue weighted by Gasteiger charge is 2.63. The number of carbonyl (C=O) groups is 1. The van der Waals surface area contributed by atoms with Crippen molar-refractivity contribution in [3.63, 3.8) is 0 Å². The summed E-state index contributed by atoms with van der Waals surface area (Å²) in [7, 11) is -3.58. The van der Waals surface area contributed by atoms with Crippen LogP contribution >= 0.6 is 0 Å². The van der Waals surface area contributed by atoms with Gasteiger partial charge in [-0.05, 0) is 25.7 Å². The summed E-state index contributed by atoms with van der Waals surface area (Å²) in [6, 6.07) is -0.488. The molecule has 0 bridgehead atoms. The van der Waals surface area contributed by atoms with Crippen molar-refractivity contribution in [1.29, 1.82) is 0 Å². The van der Waals surface area contributed by atoms with Gasteiger partial charge < -0.3 is 5.11 Å². The van der Waals surface area contributed by atoms with Crippen LogP contribution in [0, 0.1) is 5.41 Å². The molecule has 1 heterocycles. The Morgan fingerprint density at radius 1 is 1.35 bits per heavy atom. The molecule has 17 heavy (non-hydrogen) atoms. The molecule has 100 valence electrons. The zero-order chi connectivity index (χ0) is 13.6. The lowest BCUT2D eigenvalue weighted by Crippen LogP contribution is -2.71. The van der Waals surface area contributed by atoms with Gasteiger partial charge in [0, 0.05) is 6.61 Å². The van der Waals surface area contributed by atoms with Crippen LogP contribution in [0.4, 0.5) is 0 Å². The zero-order valence-corrected chi connectivity index (χ0v) is 11.8. The first-order valence-electron chi connectivity index (χ1n) is 5.67. The van der Waals surface area contributed by atoms with Crippen molar-refractivity contribution >= 4 is 15.9 Å². The molecule has 0 aliphatic carbocycles. The van der Waals surface area contributed by atoms with Gasteiger partial charge in [-0.2, -0.15) is 0 Å². The van der Waals surface area contributed by atoms with Crippen LogP contribution in [0.3, 0.4) is 0 Å². The van der Waals surface area contributed by atoms with Gasteiger partial charge in [0.05, 0.1) is 6.04 Å². The summed E-state index contributed by atoms with van der Waals surface area (Å²) in [6.45, 7) is 8.28. The lowest BCUT2D eigenvalue weighted by Gasteiger charge is -2.50. The summed E-state index contributed by atoms with van der Waals surface area (Å²) in [5.41, 5.74) is -0.387. The number of carbonyl (C=O) groups excluding carboxylic acids is 1. The van der Waals surface area contributed by atoms with E-state index in [0.717, 1.165) is 4.31 Å². The van der Waals surface area contributed by atoms with Crippen LogP contribution in [-0.2, 0) is 14.8 Å². The van der Waals surface area contributed by atoms with E-state index in [1.807, 2.05) is 20.8 Å². The average molecular weight is 263 g/mol. The first kappa shape index (κ1) is 14.4. The van der Waals surface area contributed by atoms with Crippen molar-refractivity contribution in [3.8, 4) is 0 Å². The summed E-state index contributed by atoms with van der Waals surface area (Å²) in [6.07, 6.45) is 0.268. The van der Waals surface area contributed by atoms with E-state index in [9.17, 15) is 13.2 Å². The van der Waals surface area contributed by atoms with Gasteiger partial charge in [-0.15, -0.1) is 0 Å². The van der Waals surface area contributed by atoms with Gasteiger partial charge in [-0.25, -0.2) is 12.7 Å². The largest absolute Gasteiger partial charge is 0.396 e. The fraction of sp³-hybridized carbons (Fsp3) is 0.909. The Labute approximate surface area is 103 Å². The molecule has 1 rings (SSSR count). The maximum Gasteiger partial charge on any atom is 0.259 e. The van der Waals surface area contributed by atoms with Crippen molar-refractivity contribution in [2.24, 2.45) is 5.41 Å². The molecule has 1 amide bonds. The molecule has 0 aromatic heterocycles. The van der Waals surface area contributed by atoms with Gasteiger partial charge in [0.15, 0.2) is 4.75 Å². The monoisotopic (exact) mass is 263 g/mol. The number of amides is 1. The molecular formula is C11H21NO4S. The molecular weight excluding hydrogens is 242 g/mol. The van der Waals surface area contributed by atoms with Crippen molar-refractivity contribution in [2.75, 3.05) is 6.61 Å². The Bertz CT molecular complexity index is 419. The number of nitrogens with zero attached hydrogens (tertiary/aromatic N) is 1. The lowest BCUT2D eigenvalue weighted by atomic mass is 9.84. The minimum Gasteiger partial charge on any atom is -0.396 e. The summed E-state index contributed by atoms with van der Waals surface area (Å²) < 4.78 is 23.8. The third-order valence-corrected chi connectivity index (χ3v) is 5.71. The number of hydrogen-bond acceptors (Lipinski definition) is 4. The predicted molar refractivity (Wildman–Crippen MR) is 64.8 cm³/mol. The van der Waals surface area contributed by atoms with Crippen molar-refractivity contribution in [2.45, 2.75) is 51.8 Å². The van der Waals surface area contributed by atoms with Crippen LogP contribution < -0.4 is 0 Å². The first-order chi connectivity index (χ1) is 7.48. The Morgan fingerprint density at radius 3 is 2.12 bits per heavy atom. The molecule has 1 aliphatic heterocycles. The third-order valence-electron chi connectivity index (χ3n) is 3.30. The molecule has 0 aromatic carbocycles. The summed E-state index contributed by atoms with van der Waals surface area (Å²) >= 11 is 0. The van der Waals surface area contributed by atoms with Gasteiger partial charge in [-0.3, -0.25) is 4.79 Å². The van der Waals surface area contributed by atoms with E-state index < -0.39 is 20.8 Å². The van der Waals surface area contributed by atoms with Crippen LogP contribution in [0.1, 0.15) is 41.0 Å². The van der Waals surface area contributed by atoms with Crippen molar-refractivity contribution in [1.82, 2.24) is 4.31 Å². The Balaban J connectivity index is 3.13. The molecule has 0 saturated carbocycles. The second kappa shape index (κ2) is 3.95. The highest BCUT2D eigenvalue weighted by atomic mass is 32.2. The molecule has 0 radical (unpaired) electrons. The minimum atomic E-state index is -3.58. The highest BCUT2D eigenvalue weighted by Crippen LogP contribution is 2.41. The quantitative estimate of drug-likeness (QED) is 0.814. The maximum absolute atomic E-state index is 12.1. The molecule has 0 spiro atoms. The molecule has 1 saturated heterocycles. The maximum atomic E-state index is 12.1. The van der Waals surface area contributed by atoms with Gasteiger partial charge in [0.2, 0.25) is 0 Å². The zero-order valence-electron chi connectivity index (χ0n) is 11.0. The number of hydrogen-bond donors (Lipinski definition) is 1. The number of rotatable bonds is 3. The van der Waals surface area contributed by atoms with Crippen molar-refractivity contribution < 1.29 is 18.3 Å². The highest BCUT2D eigenvalue weighted by molar-refractivity contribution is 7.94. The third kappa shape index (κ3) is 1.97. The Morgan fingerprint density at radius 2 is 1.82 bits per heavy atom.